The number of hydrogen-bond acceptors (Lipinski definition) is 7. The zero-order valence-electron chi connectivity index (χ0n) is 14.9. The quantitative estimate of drug-likeness (QED) is 0.808. The zero-order valence-corrected chi connectivity index (χ0v) is 15.8. The van der Waals surface area contributed by atoms with Crippen LogP contribution in [-0.2, 0) is 20.8 Å². The van der Waals surface area contributed by atoms with Crippen LogP contribution in [0.1, 0.15) is 47.2 Å². The van der Waals surface area contributed by atoms with Crippen molar-refractivity contribution in [2.45, 2.75) is 27.2 Å². The molecule has 9 heteroatoms. The highest BCUT2D eigenvalue weighted by Gasteiger charge is 2.38. The van der Waals surface area contributed by atoms with Crippen molar-refractivity contribution in [3.8, 4) is 0 Å². The first-order valence-corrected chi connectivity index (χ1v) is 8.99. The van der Waals surface area contributed by atoms with Crippen LogP contribution in [0.15, 0.2) is 29.6 Å². The van der Waals surface area contributed by atoms with E-state index in [-0.39, 0.29) is 23.5 Å². The third-order valence-corrected chi connectivity index (χ3v) is 4.54. The number of amides is 3. The van der Waals surface area contributed by atoms with E-state index in [2.05, 4.69) is 10.3 Å². The Morgan fingerprint density at radius 3 is 2.30 bits per heavy atom. The van der Waals surface area contributed by atoms with Gasteiger partial charge < -0.3 is 10.2 Å². The SMILES string of the molecule is CC(C)(C)C(=O)Nc1nc(CC(=O)ON2C(=O)c3ccccc3C2=O)cs1. The van der Waals surface area contributed by atoms with Crippen molar-refractivity contribution in [3.05, 3.63) is 46.5 Å². The second-order valence-corrected chi connectivity index (χ2v) is 7.80. The molecule has 8 nitrogen and oxygen atoms in total. The summed E-state index contributed by atoms with van der Waals surface area (Å²) in [6.45, 7) is 5.32. The summed E-state index contributed by atoms with van der Waals surface area (Å²) in [4.78, 5) is 57.5. The molecule has 0 radical (unpaired) electrons. The van der Waals surface area contributed by atoms with Crippen LogP contribution in [0.25, 0.3) is 0 Å². The molecule has 0 aliphatic carbocycles. The van der Waals surface area contributed by atoms with Crippen molar-refractivity contribution in [2.24, 2.45) is 5.41 Å². The normalized spacial score (nSPS) is 13.5. The van der Waals surface area contributed by atoms with Crippen LogP contribution in [0.2, 0.25) is 0 Å². The minimum absolute atomic E-state index is 0.191. The Balaban J connectivity index is 1.62. The Bertz CT molecular complexity index is 909. The van der Waals surface area contributed by atoms with E-state index in [1.165, 1.54) is 23.5 Å². The number of nitrogens with one attached hydrogen (secondary N) is 1. The zero-order chi connectivity index (χ0) is 19.8. The highest BCUT2D eigenvalue weighted by molar-refractivity contribution is 7.13. The highest BCUT2D eigenvalue weighted by Crippen LogP contribution is 2.24. The van der Waals surface area contributed by atoms with Gasteiger partial charge in [-0.05, 0) is 12.1 Å². The molecule has 3 amide bonds. The van der Waals surface area contributed by atoms with Gasteiger partial charge in [0.15, 0.2) is 5.13 Å². The second-order valence-electron chi connectivity index (χ2n) is 6.94. The molecule has 27 heavy (non-hydrogen) atoms. The van der Waals surface area contributed by atoms with Crippen LogP contribution in [0.4, 0.5) is 5.13 Å². The summed E-state index contributed by atoms with van der Waals surface area (Å²) in [7, 11) is 0. The van der Waals surface area contributed by atoms with Crippen LogP contribution in [0, 0.1) is 5.41 Å². The number of thiazole rings is 1. The fourth-order valence-corrected chi connectivity index (χ4v) is 2.97. The van der Waals surface area contributed by atoms with Crippen LogP contribution in [-0.4, -0.2) is 33.7 Å². The van der Waals surface area contributed by atoms with E-state index >= 15 is 0 Å². The molecule has 140 valence electrons. The van der Waals surface area contributed by atoms with Gasteiger partial charge in [0, 0.05) is 10.8 Å². The first kappa shape index (κ1) is 18.7. The number of carbonyl (C=O) groups is 4. The lowest BCUT2D eigenvalue weighted by Gasteiger charge is -2.15. The lowest BCUT2D eigenvalue weighted by molar-refractivity contribution is -0.167. The number of anilines is 1. The standard InChI is InChI=1S/C18H17N3O5S/c1-18(2,3)16(25)20-17-19-10(9-27-17)8-13(22)26-21-14(23)11-6-4-5-7-12(11)15(21)24/h4-7,9H,8H2,1-3H3,(H,19,20,25). The van der Waals surface area contributed by atoms with Crippen LogP contribution in [0.5, 0.6) is 0 Å². The summed E-state index contributed by atoms with van der Waals surface area (Å²) in [6, 6.07) is 6.23. The van der Waals surface area contributed by atoms with E-state index in [4.69, 9.17) is 4.84 Å². The number of hydrogen-bond donors (Lipinski definition) is 1. The maximum absolute atomic E-state index is 12.2. The molecular weight excluding hydrogens is 370 g/mol. The average Bonchev–Trinajstić information content (AvgIpc) is 3.13. The third kappa shape index (κ3) is 3.87. The molecule has 1 aromatic carbocycles. The summed E-state index contributed by atoms with van der Waals surface area (Å²) in [5.41, 5.74) is 0.175. The Labute approximate surface area is 159 Å². The van der Waals surface area contributed by atoms with E-state index in [1.807, 2.05) is 0 Å². The molecule has 1 aliphatic heterocycles. The minimum Gasteiger partial charge on any atom is -0.329 e. The van der Waals surface area contributed by atoms with Crippen molar-refractivity contribution < 1.29 is 24.0 Å². The summed E-state index contributed by atoms with van der Waals surface area (Å²) in [6.07, 6.45) is -0.241. The van der Waals surface area contributed by atoms with Gasteiger partial charge in [0.25, 0.3) is 11.8 Å². The number of aromatic nitrogens is 1. The molecule has 0 atom stereocenters. The summed E-state index contributed by atoms with van der Waals surface area (Å²) >= 11 is 1.17. The first-order valence-electron chi connectivity index (χ1n) is 8.11. The molecule has 0 fully saturated rings. The van der Waals surface area contributed by atoms with Gasteiger partial charge in [-0.15, -0.1) is 11.3 Å². The number of nitrogens with zero attached hydrogens (tertiary/aromatic N) is 2. The Morgan fingerprint density at radius 1 is 1.15 bits per heavy atom. The predicted octanol–water partition coefficient (Wildman–Crippen LogP) is 2.42. The van der Waals surface area contributed by atoms with Gasteiger partial charge in [0.1, 0.15) is 0 Å². The van der Waals surface area contributed by atoms with Crippen molar-refractivity contribution in [1.82, 2.24) is 10.0 Å². The third-order valence-electron chi connectivity index (χ3n) is 3.73. The topological polar surface area (TPSA) is 106 Å². The van der Waals surface area contributed by atoms with Crippen molar-refractivity contribution in [2.75, 3.05) is 5.32 Å². The molecular formula is C18H17N3O5S. The average molecular weight is 387 g/mol. The number of imide groups is 1. The van der Waals surface area contributed by atoms with Gasteiger partial charge in [-0.25, -0.2) is 9.78 Å². The smallest absolute Gasteiger partial charge is 0.329 e. The van der Waals surface area contributed by atoms with Crippen molar-refractivity contribution >= 4 is 40.2 Å². The fourth-order valence-electron chi connectivity index (χ4n) is 2.26. The Morgan fingerprint density at radius 2 is 1.74 bits per heavy atom. The maximum atomic E-state index is 12.2. The Hall–Kier alpha value is -3.07. The van der Waals surface area contributed by atoms with Crippen molar-refractivity contribution in [3.63, 3.8) is 0 Å². The molecule has 2 aromatic rings. The molecule has 2 heterocycles. The van der Waals surface area contributed by atoms with Crippen LogP contribution < -0.4 is 5.32 Å². The fraction of sp³-hybridized carbons (Fsp3) is 0.278. The summed E-state index contributed by atoms with van der Waals surface area (Å²) in [5, 5.41) is 5.09. The number of fused-ring (bicyclic) bond motifs is 1. The molecule has 1 aromatic heterocycles. The van der Waals surface area contributed by atoms with Gasteiger partial charge in [-0.3, -0.25) is 14.4 Å². The molecule has 1 N–H and O–H groups in total. The first-order chi connectivity index (χ1) is 12.7. The van der Waals surface area contributed by atoms with Gasteiger partial charge in [-0.1, -0.05) is 38.0 Å². The van der Waals surface area contributed by atoms with Gasteiger partial charge in [0.05, 0.1) is 23.2 Å². The van der Waals surface area contributed by atoms with Gasteiger partial charge >= 0.3 is 5.97 Å². The maximum Gasteiger partial charge on any atom is 0.339 e. The van der Waals surface area contributed by atoms with E-state index in [9.17, 15) is 19.2 Å². The molecule has 3 rings (SSSR count). The second kappa shape index (κ2) is 6.92. The molecule has 1 aliphatic rings. The van der Waals surface area contributed by atoms with Gasteiger partial charge in [0.2, 0.25) is 5.91 Å². The molecule has 0 bridgehead atoms. The number of carbonyl (C=O) groups excluding carboxylic acids is 4. The van der Waals surface area contributed by atoms with E-state index in [0.29, 0.717) is 15.9 Å². The van der Waals surface area contributed by atoms with Crippen molar-refractivity contribution in [1.29, 1.82) is 0 Å². The van der Waals surface area contributed by atoms with Gasteiger partial charge in [-0.2, -0.15) is 0 Å². The lowest BCUT2D eigenvalue weighted by atomic mass is 9.96. The number of hydroxylamine groups is 2. The number of rotatable bonds is 4. The van der Waals surface area contributed by atoms with E-state index in [0.717, 1.165) is 0 Å². The summed E-state index contributed by atoms with van der Waals surface area (Å²) < 4.78 is 0. The Kier molecular flexibility index (Phi) is 4.79. The summed E-state index contributed by atoms with van der Waals surface area (Å²) in [5.74, 6) is -2.36. The largest absolute Gasteiger partial charge is 0.339 e. The number of benzene rings is 1. The molecule has 0 saturated carbocycles. The lowest BCUT2D eigenvalue weighted by Crippen LogP contribution is -2.33. The van der Waals surface area contributed by atoms with E-state index in [1.54, 1.807) is 38.3 Å². The highest BCUT2D eigenvalue weighted by atomic mass is 32.1. The molecule has 0 unspecified atom stereocenters. The molecule has 0 spiro atoms. The van der Waals surface area contributed by atoms with E-state index < -0.39 is 23.2 Å². The minimum atomic E-state index is -0.802. The monoisotopic (exact) mass is 387 g/mol. The van der Waals surface area contributed by atoms with Crippen LogP contribution in [0.3, 0.4) is 0 Å². The van der Waals surface area contributed by atoms with Crippen LogP contribution >= 0.6 is 11.3 Å². The predicted molar refractivity (Wildman–Crippen MR) is 96.9 cm³/mol. The molecule has 0 saturated heterocycles.